The Hall–Kier alpha value is -2.64. The molecule has 6 nitrogen and oxygen atoms in total. The monoisotopic (exact) mass is 439 g/mol. The second kappa shape index (κ2) is 9.66. The maximum absolute atomic E-state index is 11.2. The van der Waals surface area contributed by atoms with Crippen molar-refractivity contribution in [3.8, 4) is 0 Å². The summed E-state index contributed by atoms with van der Waals surface area (Å²) in [5.41, 5.74) is 7.98. The van der Waals surface area contributed by atoms with E-state index in [0.29, 0.717) is 16.8 Å². The zero-order chi connectivity index (χ0) is 21.8. The Bertz CT molecular complexity index is 932. The lowest BCUT2D eigenvalue weighted by atomic mass is 9.91. The van der Waals surface area contributed by atoms with Crippen molar-refractivity contribution in [2.45, 2.75) is 36.8 Å². The third kappa shape index (κ3) is 5.54. The predicted molar refractivity (Wildman–Crippen MR) is 124 cm³/mol. The Kier molecular flexibility index (Phi) is 6.73. The molecule has 4 rings (SSSR count). The third-order valence-corrected chi connectivity index (χ3v) is 6.63. The van der Waals surface area contributed by atoms with Crippen LogP contribution in [0.15, 0.2) is 76.7 Å². The van der Waals surface area contributed by atoms with E-state index in [-0.39, 0.29) is 17.9 Å². The standard InChI is InChI=1S/C24H29N3O3S/c1-16(28)26-19-9-11-27(12-10-19)14-18-15-29-23-13-20(7-8-21(18)23)30-17(2)31-24-6-4-3-5-22(24)25/h3-8,13,15,19,21,23H,2,9-12,14,25H2,1H3,(H,26,28). The molecule has 1 aliphatic carbocycles. The van der Waals surface area contributed by atoms with Gasteiger partial charge in [-0.2, -0.15) is 0 Å². The van der Waals surface area contributed by atoms with E-state index in [2.05, 4.69) is 22.9 Å². The molecule has 1 fully saturated rings. The van der Waals surface area contributed by atoms with Gasteiger partial charge in [0, 0.05) is 49.1 Å². The molecule has 0 saturated carbocycles. The number of amides is 1. The lowest BCUT2D eigenvalue weighted by Crippen LogP contribution is -2.44. The van der Waals surface area contributed by atoms with Gasteiger partial charge in [-0.25, -0.2) is 0 Å². The van der Waals surface area contributed by atoms with Crippen LogP contribution in [0.1, 0.15) is 19.8 Å². The maximum atomic E-state index is 11.2. The van der Waals surface area contributed by atoms with Crippen molar-refractivity contribution in [1.82, 2.24) is 10.2 Å². The van der Waals surface area contributed by atoms with E-state index in [1.54, 1.807) is 6.92 Å². The van der Waals surface area contributed by atoms with Gasteiger partial charge in [-0.05, 0) is 49.3 Å². The van der Waals surface area contributed by atoms with Crippen molar-refractivity contribution < 1.29 is 14.3 Å². The SMILES string of the molecule is C=C(OC1=CC2OC=C(CN3CCC(NC(C)=O)CC3)C2C=C1)Sc1ccccc1N. The van der Waals surface area contributed by atoms with Crippen LogP contribution in [0.2, 0.25) is 0 Å². The molecule has 0 radical (unpaired) electrons. The highest BCUT2D eigenvalue weighted by atomic mass is 32.2. The number of thioether (sulfide) groups is 1. The van der Waals surface area contributed by atoms with Crippen LogP contribution < -0.4 is 11.1 Å². The number of allylic oxidation sites excluding steroid dienone is 1. The summed E-state index contributed by atoms with van der Waals surface area (Å²) in [5.74, 6) is 1.02. The smallest absolute Gasteiger partial charge is 0.217 e. The molecule has 1 aromatic carbocycles. The Morgan fingerprint density at radius 2 is 2.13 bits per heavy atom. The quantitative estimate of drug-likeness (QED) is 0.382. The Labute approximate surface area is 187 Å². The summed E-state index contributed by atoms with van der Waals surface area (Å²) in [6, 6.07) is 7.96. The molecule has 0 spiro atoms. The van der Waals surface area contributed by atoms with Gasteiger partial charge >= 0.3 is 0 Å². The number of nitrogen functional groups attached to an aromatic ring is 1. The van der Waals surface area contributed by atoms with Crippen LogP contribution in [0.3, 0.4) is 0 Å². The van der Waals surface area contributed by atoms with Gasteiger partial charge < -0.3 is 20.5 Å². The van der Waals surface area contributed by atoms with Crippen molar-refractivity contribution in [2.24, 2.45) is 5.92 Å². The molecule has 2 heterocycles. The number of rotatable bonds is 7. The predicted octanol–water partition coefficient (Wildman–Crippen LogP) is 3.80. The first kappa shape index (κ1) is 21.6. The van der Waals surface area contributed by atoms with Crippen molar-refractivity contribution in [3.05, 3.63) is 71.8 Å². The van der Waals surface area contributed by atoms with Gasteiger partial charge in [-0.3, -0.25) is 9.69 Å². The fraction of sp³-hybridized carbons (Fsp3) is 0.375. The van der Waals surface area contributed by atoms with Gasteiger partial charge in [0.05, 0.1) is 6.26 Å². The lowest BCUT2D eigenvalue weighted by molar-refractivity contribution is -0.119. The summed E-state index contributed by atoms with van der Waals surface area (Å²) in [5, 5.41) is 3.60. The highest BCUT2D eigenvalue weighted by Crippen LogP contribution is 2.36. The number of benzene rings is 1. The van der Waals surface area contributed by atoms with Crippen LogP contribution in [0, 0.1) is 5.92 Å². The summed E-state index contributed by atoms with van der Waals surface area (Å²) >= 11 is 1.41. The first-order valence-corrected chi connectivity index (χ1v) is 11.4. The molecule has 7 heteroatoms. The van der Waals surface area contributed by atoms with Crippen molar-refractivity contribution >= 4 is 23.4 Å². The topological polar surface area (TPSA) is 76.8 Å². The minimum atomic E-state index is -0.0495. The van der Waals surface area contributed by atoms with Crippen LogP contribution in [-0.2, 0) is 14.3 Å². The number of piperidine rings is 1. The van der Waals surface area contributed by atoms with Crippen molar-refractivity contribution in [1.29, 1.82) is 0 Å². The number of carbonyl (C=O) groups excluding carboxylic acids is 1. The van der Waals surface area contributed by atoms with Crippen molar-refractivity contribution in [2.75, 3.05) is 25.4 Å². The maximum Gasteiger partial charge on any atom is 0.217 e. The average molecular weight is 440 g/mol. The number of likely N-dealkylation sites (tertiary alicyclic amines) is 1. The van der Waals surface area contributed by atoms with Crippen LogP contribution in [0.4, 0.5) is 5.69 Å². The van der Waals surface area contributed by atoms with E-state index in [9.17, 15) is 4.79 Å². The minimum Gasteiger partial charge on any atom is -0.493 e. The summed E-state index contributed by atoms with van der Waals surface area (Å²) in [7, 11) is 0. The summed E-state index contributed by atoms with van der Waals surface area (Å²) in [6.45, 7) is 8.44. The third-order valence-electron chi connectivity index (χ3n) is 5.73. The number of nitrogens with one attached hydrogen (secondary N) is 1. The van der Waals surface area contributed by atoms with Crippen LogP contribution in [0.25, 0.3) is 0 Å². The van der Waals surface area contributed by atoms with E-state index in [4.69, 9.17) is 15.2 Å². The molecule has 1 aromatic rings. The molecule has 31 heavy (non-hydrogen) atoms. The normalized spacial score (nSPS) is 23.4. The number of fused-ring (bicyclic) bond motifs is 1. The zero-order valence-electron chi connectivity index (χ0n) is 17.8. The Morgan fingerprint density at radius 1 is 1.35 bits per heavy atom. The highest BCUT2D eigenvalue weighted by Gasteiger charge is 2.33. The number of hydrogen-bond acceptors (Lipinski definition) is 6. The molecule has 2 atom stereocenters. The number of nitrogens with zero attached hydrogens (tertiary/aromatic N) is 1. The zero-order valence-corrected chi connectivity index (χ0v) is 18.6. The second-order valence-corrected chi connectivity index (χ2v) is 9.21. The number of anilines is 1. The number of nitrogens with two attached hydrogens (primary N) is 1. The van der Waals surface area contributed by atoms with Crippen LogP contribution in [-0.4, -0.2) is 42.6 Å². The van der Waals surface area contributed by atoms with E-state index in [1.165, 1.54) is 17.3 Å². The lowest BCUT2D eigenvalue weighted by Gasteiger charge is -2.33. The van der Waals surface area contributed by atoms with Gasteiger partial charge in [-0.15, -0.1) is 0 Å². The van der Waals surface area contributed by atoms with Gasteiger partial charge in [0.2, 0.25) is 5.91 Å². The van der Waals surface area contributed by atoms with Crippen LogP contribution >= 0.6 is 11.8 Å². The molecule has 3 aliphatic rings. The van der Waals surface area contributed by atoms with E-state index in [1.807, 2.05) is 42.7 Å². The molecule has 1 saturated heterocycles. The van der Waals surface area contributed by atoms with Gasteiger partial charge in [-0.1, -0.05) is 30.0 Å². The Balaban J connectivity index is 1.27. The largest absolute Gasteiger partial charge is 0.493 e. The molecule has 0 bridgehead atoms. The van der Waals surface area contributed by atoms with E-state index < -0.39 is 0 Å². The molecule has 1 amide bonds. The molecule has 2 unspecified atom stereocenters. The fourth-order valence-electron chi connectivity index (χ4n) is 4.17. The number of para-hydroxylation sites is 1. The van der Waals surface area contributed by atoms with Crippen LogP contribution in [0.5, 0.6) is 0 Å². The van der Waals surface area contributed by atoms with Crippen molar-refractivity contribution in [3.63, 3.8) is 0 Å². The highest BCUT2D eigenvalue weighted by molar-refractivity contribution is 8.03. The molecule has 164 valence electrons. The summed E-state index contributed by atoms with van der Waals surface area (Å²) in [6.07, 6.45) is 9.98. The Morgan fingerprint density at radius 3 is 2.87 bits per heavy atom. The molecule has 2 aliphatic heterocycles. The van der Waals surface area contributed by atoms with Gasteiger partial charge in [0.1, 0.15) is 11.9 Å². The van der Waals surface area contributed by atoms with Gasteiger partial charge in [0.15, 0.2) is 5.09 Å². The molecular formula is C24H29N3O3S. The molecular weight excluding hydrogens is 410 g/mol. The average Bonchev–Trinajstić information content (AvgIpc) is 3.13. The molecule has 3 N–H and O–H groups in total. The fourth-order valence-corrected chi connectivity index (χ4v) is 4.89. The van der Waals surface area contributed by atoms with Gasteiger partial charge in [0.25, 0.3) is 0 Å². The first-order chi connectivity index (χ1) is 15.0. The number of ether oxygens (including phenoxy) is 2. The summed E-state index contributed by atoms with van der Waals surface area (Å²) in [4.78, 5) is 14.6. The van der Waals surface area contributed by atoms with E-state index >= 15 is 0 Å². The van der Waals surface area contributed by atoms with E-state index in [0.717, 1.165) is 43.1 Å². The number of carbonyl (C=O) groups is 1. The first-order valence-electron chi connectivity index (χ1n) is 10.6. The summed E-state index contributed by atoms with van der Waals surface area (Å²) < 4.78 is 11.9. The second-order valence-electron chi connectivity index (χ2n) is 8.11. The minimum absolute atomic E-state index is 0.0495. The number of hydrogen-bond donors (Lipinski definition) is 2. The molecule has 0 aromatic heterocycles.